The number of H-pyrrole nitrogens is 1. The van der Waals surface area contributed by atoms with Crippen molar-refractivity contribution in [1.82, 2.24) is 9.97 Å². The highest BCUT2D eigenvalue weighted by Gasteiger charge is 2.02. The first kappa shape index (κ1) is 15.8. The smallest absolute Gasteiger partial charge is 0.255 e. The molecular formula is C16H20N4O2. The predicted molar refractivity (Wildman–Crippen MR) is 87.8 cm³/mol. The van der Waals surface area contributed by atoms with Gasteiger partial charge in [0.2, 0.25) is 5.95 Å². The van der Waals surface area contributed by atoms with Gasteiger partial charge < -0.3 is 4.74 Å². The van der Waals surface area contributed by atoms with Gasteiger partial charge in [-0.25, -0.2) is 10.4 Å². The first-order valence-electron chi connectivity index (χ1n) is 7.09. The van der Waals surface area contributed by atoms with Crippen molar-refractivity contribution in [2.75, 3.05) is 5.43 Å². The van der Waals surface area contributed by atoms with Gasteiger partial charge in [0, 0.05) is 11.3 Å². The van der Waals surface area contributed by atoms with E-state index in [-0.39, 0.29) is 11.7 Å². The molecule has 0 saturated heterocycles. The van der Waals surface area contributed by atoms with Crippen molar-refractivity contribution in [3.8, 4) is 5.75 Å². The van der Waals surface area contributed by atoms with Crippen molar-refractivity contribution in [1.29, 1.82) is 0 Å². The van der Waals surface area contributed by atoms with Crippen LogP contribution in [-0.4, -0.2) is 22.3 Å². The number of rotatable bonds is 5. The van der Waals surface area contributed by atoms with Crippen molar-refractivity contribution in [2.45, 2.75) is 33.8 Å². The molecule has 116 valence electrons. The van der Waals surface area contributed by atoms with Gasteiger partial charge >= 0.3 is 0 Å². The molecule has 0 bridgehead atoms. The monoisotopic (exact) mass is 300 g/mol. The van der Waals surface area contributed by atoms with Gasteiger partial charge in [-0.2, -0.15) is 5.10 Å². The second kappa shape index (κ2) is 6.89. The van der Waals surface area contributed by atoms with Crippen molar-refractivity contribution < 1.29 is 4.74 Å². The molecule has 2 rings (SSSR count). The van der Waals surface area contributed by atoms with Crippen LogP contribution in [-0.2, 0) is 0 Å². The first-order chi connectivity index (χ1) is 10.5. The lowest BCUT2D eigenvalue weighted by Crippen LogP contribution is -2.15. The van der Waals surface area contributed by atoms with Crippen LogP contribution in [0.5, 0.6) is 5.75 Å². The van der Waals surface area contributed by atoms with Gasteiger partial charge in [-0.15, -0.1) is 0 Å². The Bertz CT molecular complexity index is 718. The van der Waals surface area contributed by atoms with Crippen molar-refractivity contribution in [2.24, 2.45) is 5.10 Å². The second-order valence-corrected chi connectivity index (χ2v) is 5.23. The molecule has 6 nitrogen and oxygen atoms in total. The lowest BCUT2D eigenvalue weighted by Gasteiger charge is -2.09. The summed E-state index contributed by atoms with van der Waals surface area (Å²) in [6.45, 7) is 7.48. The Hall–Kier alpha value is -2.63. The minimum Gasteiger partial charge on any atom is -0.491 e. The Morgan fingerprint density at radius 1 is 1.27 bits per heavy atom. The molecule has 0 aliphatic carbocycles. The van der Waals surface area contributed by atoms with Crippen LogP contribution in [0.3, 0.4) is 0 Å². The van der Waals surface area contributed by atoms with Crippen molar-refractivity contribution in [3.05, 3.63) is 51.4 Å². The van der Waals surface area contributed by atoms with E-state index < -0.39 is 0 Å². The highest BCUT2D eigenvalue weighted by atomic mass is 16.5. The summed E-state index contributed by atoms with van der Waals surface area (Å²) >= 11 is 0. The lowest BCUT2D eigenvalue weighted by molar-refractivity contribution is 0.242. The van der Waals surface area contributed by atoms with Gasteiger partial charge in [0.1, 0.15) is 5.75 Å². The molecule has 0 saturated carbocycles. The molecule has 0 unspecified atom stereocenters. The number of ether oxygens (including phenoxy) is 1. The Kier molecular flexibility index (Phi) is 4.93. The highest BCUT2D eigenvalue weighted by Crippen LogP contribution is 2.12. The SMILES string of the molecule is Cc1nc(N/N=C\c2ccc(OC(C)C)cc2)[nH]c(=O)c1C. The van der Waals surface area contributed by atoms with E-state index in [2.05, 4.69) is 20.5 Å². The lowest BCUT2D eigenvalue weighted by atomic mass is 10.2. The fraction of sp³-hybridized carbons (Fsp3) is 0.312. The number of aromatic amines is 1. The average molecular weight is 300 g/mol. The zero-order valence-corrected chi connectivity index (χ0v) is 13.2. The third-order valence-corrected chi connectivity index (χ3v) is 3.03. The maximum Gasteiger partial charge on any atom is 0.255 e. The van der Waals surface area contributed by atoms with E-state index >= 15 is 0 Å². The topological polar surface area (TPSA) is 79.4 Å². The molecule has 0 atom stereocenters. The van der Waals surface area contributed by atoms with Gasteiger partial charge in [0.15, 0.2) is 0 Å². The number of anilines is 1. The van der Waals surface area contributed by atoms with Crippen LogP contribution in [0, 0.1) is 13.8 Å². The molecule has 2 N–H and O–H groups in total. The standard InChI is InChI=1S/C16H20N4O2/c1-10(2)22-14-7-5-13(6-8-14)9-17-20-16-18-12(4)11(3)15(21)19-16/h5-10H,1-4H3,(H2,18,19,20,21)/b17-9-. The Morgan fingerprint density at radius 3 is 2.55 bits per heavy atom. The molecule has 0 spiro atoms. The van der Waals surface area contributed by atoms with Crippen molar-refractivity contribution in [3.63, 3.8) is 0 Å². The van der Waals surface area contributed by atoms with E-state index in [0.29, 0.717) is 17.2 Å². The molecule has 6 heteroatoms. The largest absolute Gasteiger partial charge is 0.491 e. The molecule has 2 aromatic rings. The number of nitrogens with zero attached hydrogens (tertiary/aromatic N) is 2. The van der Waals surface area contributed by atoms with Crippen LogP contribution >= 0.6 is 0 Å². The van der Waals surface area contributed by atoms with Crippen LogP contribution < -0.4 is 15.7 Å². The van der Waals surface area contributed by atoms with Crippen LogP contribution in [0.4, 0.5) is 5.95 Å². The predicted octanol–water partition coefficient (Wildman–Crippen LogP) is 2.62. The number of benzene rings is 1. The summed E-state index contributed by atoms with van der Waals surface area (Å²) in [7, 11) is 0. The molecule has 1 aromatic carbocycles. The minimum atomic E-state index is -0.166. The quantitative estimate of drug-likeness (QED) is 0.657. The van der Waals surface area contributed by atoms with Gasteiger partial charge in [0.05, 0.1) is 12.3 Å². The van der Waals surface area contributed by atoms with Crippen LogP contribution in [0.2, 0.25) is 0 Å². The fourth-order valence-corrected chi connectivity index (χ4v) is 1.77. The van der Waals surface area contributed by atoms with Gasteiger partial charge in [-0.3, -0.25) is 9.78 Å². The molecule has 1 aromatic heterocycles. The third kappa shape index (κ3) is 4.18. The summed E-state index contributed by atoms with van der Waals surface area (Å²) in [5, 5.41) is 4.07. The van der Waals surface area contributed by atoms with Crippen LogP contribution in [0.1, 0.15) is 30.7 Å². The van der Waals surface area contributed by atoms with Crippen molar-refractivity contribution >= 4 is 12.2 Å². The van der Waals surface area contributed by atoms with Gasteiger partial charge in [-0.1, -0.05) is 0 Å². The third-order valence-electron chi connectivity index (χ3n) is 3.03. The van der Waals surface area contributed by atoms with E-state index in [0.717, 1.165) is 11.3 Å². The molecule has 0 radical (unpaired) electrons. The normalized spacial score (nSPS) is 11.1. The van der Waals surface area contributed by atoms with E-state index in [4.69, 9.17) is 4.74 Å². The number of hydrogen-bond donors (Lipinski definition) is 2. The zero-order chi connectivity index (χ0) is 16.1. The summed E-state index contributed by atoms with van der Waals surface area (Å²) in [5.74, 6) is 1.14. The van der Waals surface area contributed by atoms with Crippen LogP contribution in [0.15, 0.2) is 34.2 Å². The number of hydrazone groups is 1. The maximum absolute atomic E-state index is 11.6. The zero-order valence-electron chi connectivity index (χ0n) is 13.2. The molecule has 22 heavy (non-hydrogen) atoms. The number of aryl methyl sites for hydroxylation is 1. The Labute approximate surface area is 129 Å². The van der Waals surface area contributed by atoms with Gasteiger partial charge in [0.25, 0.3) is 5.56 Å². The summed E-state index contributed by atoms with van der Waals surface area (Å²) in [5.41, 5.74) is 4.75. The number of hydrogen-bond acceptors (Lipinski definition) is 5. The molecule has 0 fully saturated rings. The van der Waals surface area contributed by atoms with Gasteiger partial charge in [-0.05, 0) is 57.5 Å². The van der Waals surface area contributed by atoms with E-state index in [1.807, 2.05) is 38.1 Å². The average Bonchev–Trinajstić information content (AvgIpc) is 2.46. The minimum absolute atomic E-state index is 0.147. The molecule has 0 aliphatic heterocycles. The maximum atomic E-state index is 11.6. The van der Waals surface area contributed by atoms with E-state index in [9.17, 15) is 4.79 Å². The summed E-state index contributed by atoms with van der Waals surface area (Å²) in [6.07, 6.45) is 1.79. The summed E-state index contributed by atoms with van der Waals surface area (Å²) in [4.78, 5) is 18.5. The van der Waals surface area contributed by atoms with E-state index in [1.165, 1.54) is 0 Å². The highest BCUT2D eigenvalue weighted by molar-refractivity contribution is 5.80. The van der Waals surface area contributed by atoms with E-state index in [1.54, 1.807) is 20.1 Å². The number of nitrogens with one attached hydrogen (secondary N) is 2. The Balaban J connectivity index is 2.02. The molecular weight excluding hydrogens is 280 g/mol. The summed E-state index contributed by atoms with van der Waals surface area (Å²) in [6, 6.07) is 7.58. The first-order valence-corrected chi connectivity index (χ1v) is 7.09. The number of aromatic nitrogens is 2. The fourth-order valence-electron chi connectivity index (χ4n) is 1.77. The Morgan fingerprint density at radius 2 is 1.95 bits per heavy atom. The molecule has 0 amide bonds. The summed E-state index contributed by atoms with van der Waals surface area (Å²) < 4.78 is 5.57. The molecule has 0 aliphatic rings. The second-order valence-electron chi connectivity index (χ2n) is 5.23. The van der Waals surface area contributed by atoms with Crippen LogP contribution in [0.25, 0.3) is 0 Å². The molecule has 1 heterocycles.